The van der Waals surface area contributed by atoms with Crippen LogP contribution in [-0.2, 0) is 16.0 Å². The number of ether oxygens (including phenoxy) is 1. The second kappa shape index (κ2) is 4.95. The molecule has 14 heavy (non-hydrogen) atoms. The summed E-state index contributed by atoms with van der Waals surface area (Å²) in [5.41, 5.74) is 0.775. The van der Waals surface area contributed by atoms with Gasteiger partial charge in [-0.3, -0.25) is 4.79 Å². The van der Waals surface area contributed by atoms with Gasteiger partial charge in [0.05, 0.1) is 19.2 Å². The molecule has 5 heteroatoms. The molecular weight excluding hydrogens is 200 g/mol. The van der Waals surface area contributed by atoms with Gasteiger partial charge in [-0.05, 0) is 6.92 Å². The van der Waals surface area contributed by atoms with Crippen molar-refractivity contribution in [2.24, 2.45) is 0 Å². The van der Waals surface area contributed by atoms with Gasteiger partial charge in [-0.1, -0.05) is 0 Å². The van der Waals surface area contributed by atoms with Crippen molar-refractivity contribution < 1.29 is 9.53 Å². The van der Waals surface area contributed by atoms with Gasteiger partial charge in [0.15, 0.2) is 5.13 Å². The monoisotopic (exact) mass is 214 g/mol. The summed E-state index contributed by atoms with van der Waals surface area (Å²) in [5, 5.41) is 2.82. The zero-order valence-electron chi connectivity index (χ0n) is 8.61. The Kier molecular flexibility index (Phi) is 3.88. The minimum absolute atomic E-state index is 0.249. The van der Waals surface area contributed by atoms with Crippen molar-refractivity contribution in [3.05, 3.63) is 11.1 Å². The molecule has 0 fully saturated rings. The van der Waals surface area contributed by atoms with E-state index < -0.39 is 0 Å². The molecule has 4 nitrogen and oxygen atoms in total. The van der Waals surface area contributed by atoms with Crippen LogP contribution >= 0.6 is 11.3 Å². The van der Waals surface area contributed by atoms with Crippen molar-refractivity contribution in [1.82, 2.24) is 4.98 Å². The van der Waals surface area contributed by atoms with Crippen LogP contribution in [0.1, 0.15) is 12.6 Å². The number of thiazole rings is 1. The Balaban J connectivity index is 2.63. The van der Waals surface area contributed by atoms with Gasteiger partial charge in [0.2, 0.25) is 0 Å². The number of methoxy groups -OCH3 is 1. The van der Waals surface area contributed by atoms with E-state index in [-0.39, 0.29) is 12.4 Å². The molecule has 0 radical (unpaired) electrons. The van der Waals surface area contributed by atoms with Crippen molar-refractivity contribution in [1.29, 1.82) is 0 Å². The molecule has 1 heterocycles. The molecule has 1 rings (SSSR count). The van der Waals surface area contributed by atoms with E-state index in [1.807, 2.05) is 17.3 Å². The molecule has 0 aromatic carbocycles. The van der Waals surface area contributed by atoms with Crippen molar-refractivity contribution in [2.75, 3.05) is 25.6 Å². The molecule has 0 amide bonds. The summed E-state index contributed by atoms with van der Waals surface area (Å²) < 4.78 is 4.56. The first-order valence-corrected chi connectivity index (χ1v) is 5.27. The fourth-order valence-corrected chi connectivity index (χ4v) is 1.76. The SMILES string of the molecule is CCN(C)c1nc(CC(=O)OC)cs1. The molecular formula is C9H14N2O2S. The summed E-state index contributed by atoms with van der Waals surface area (Å²) in [6.45, 7) is 2.96. The van der Waals surface area contributed by atoms with Gasteiger partial charge in [-0.15, -0.1) is 11.3 Å². The Bertz CT molecular complexity index is 312. The number of esters is 1. The zero-order chi connectivity index (χ0) is 10.6. The van der Waals surface area contributed by atoms with Crippen LogP contribution in [0.4, 0.5) is 5.13 Å². The highest BCUT2D eigenvalue weighted by Gasteiger charge is 2.08. The Labute approximate surface area is 87.5 Å². The maximum absolute atomic E-state index is 11.0. The van der Waals surface area contributed by atoms with Crippen LogP contribution in [0.2, 0.25) is 0 Å². The molecule has 0 N–H and O–H groups in total. The second-order valence-electron chi connectivity index (χ2n) is 2.89. The van der Waals surface area contributed by atoms with Gasteiger partial charge in [0.1, 0.15) is 0 Å². The van der Waals surface area contributed by atoms with Gasteiger partial charge in [0.25, 0.3) is 0 Å². The first-order chi connectivity index (χ1) is 6.67. The maximum Gasteiger partial charge on any atom is 0.311 e. The molecule has 0 spiro atoms. The van der Waals surface area contributed by atoms with E-state index in [4.69, 9.17) is 0 Å². The lowest BCUT2D eigenvalue weighted by Crippen LogP contribution is -2.15. The maximum atomic E-state index is 11.0. The van der Waals surface area contributed by atoms with Crippen LogP contribution in [0.15, 0.2) is 5.38 Å². The molecule has 0 aliphatic rings. The second-order valence-corrected chi connectivity index (χ2v) is 3.73. The van der Waals surface area contributed by atoms with Crippen LogP contribution in [-0.4, -0.2) is 31.7 Å². The number of carbonyl (C=O) groups excluding carboxylic acids is 1. The minimum Gasteiger partial charge on any atom is -0.469 e. The lowest BCUT2D eigenvalue weighted by molar-refractivity contribution is -0.139. The van der Waals surface area contributed by atoms with E-state index in [1.54, 1.807) is 11.3 Å². The van der Waals surface area contributed by atoms with Gasteiger partial charge in [-0.2, -0.15) is 0 Å². The number of nitrogens with zero attached hydrogens (tertiary/aromatic N) is 2. The summed E-state index contributed by atoms with van der Waals surface area (Å²) in [6, 6.07) is 0. The summed E-state index contributed by atoms with van der Waals surface area (Å²) in [7, 11) is 3.36. The fourth-order valence-electron chi connectivity index (χ4n) is 0.908. The lowest BCUT2D eigenvalue weighted by atomic mass is 10.3. The van der Waals surface area contributed by atoms with E-state index in [0.717, 1.165) is 17.4 Å². The molecule has 78 valence electrons. The minimum atomic E-state index is -0.249. The van der Waals surface area contributed by atoms with Gasteiger partial charge in [-0.25, -0.2) is 4.98 Å². The van der Waals surface area contributed by atoms with Crippen molar-refractivity contribution in [2.45, 2.75) is 13.3 Å². The Morgan fingerprint density at radius 2 is 2.43 bits per heavy atom. The van der Waals surface area contributed by atoms with Crippen molar-refractivity contribution in [3.8, 4) is 0 Å². The number of anilines is 1. The number of aromatic nitrogens is 1. The summed E-state index contributed by atoms with van der Waals surface area (Å²) >= 11 is 1.54. The molecule has 1 aromatic heterocycles. The largest absolute Gasteiger partial charge is 0.469 e. The predicted octanol–water partition coefficient (Wildman–Crippen LogP) is 1.31. The summed E-state index contributed by atoms with van der Waals surface area (Å²) in [4.78, 5) is 17.3. The third-order valence-electron chi connectivity index (χ3n) is 1.89. The molecule has 0 saturated carbocycles. The number of hydrogen-bond donors (Lipinski definition) is 0. The molecule has 1 aromatic rings. The average Bonchev–Trinajstić information content (AvgIpc) is 2.65. The van der Waals surface area contributed by atoms with Crippen molar-refractivity contribution >= 4 is 22.4 Å². The molecule has 0 aliphatic heterocycles. The highest BCUT2D eigenvalue weighted by Crippen LogP contribution is 2.19. The smallest absolute Gasteiger partial charge is 0.311 e. The average molecular weight is 214 g/mol. The van der Waals surface area contributed by atoms with Crippen LogP contribution in [0, 0.1) is 0 Å². The Morgan fingerprint density at radius 3 is 3.00 bits per heavy atom. The van der Waals surface area contributed by atoms with Crippen LogP contribution in [0.3, 0.4) is 0 Å². The number of rotatable bonds is 4. The predicted molar refractivity (Wildman–Crippen MR) is 56.8 cm³/mol. The quantitative estimate of drug-likeness (QED) is 0.709. The number of carbonyl (C=O) groups is 1. The molecule has 0 saturated heterocycles. The standard InChI is InChI=1S/C9H14N2O2S/c1-4-11(2)9-10-7(6-14-9)5-8(12)13-3/h6H,4-5H2,1-3H3. The van der Waals surface area contributed by atoms with Crippen molar-refractivity contribution in [3.63, 3.8) is 0 Å². The normalized spacial score (nSPS) is 9.93. The van der Waals surface area contributed by atoms with Crippen LogP contribution < -0.4 is 4.90 Å². The zero-order valence-corrected chi connectivity index (χ0v) is 9.43. The van der Waals surface area contributed by atoms with E-state index >= 15 is 0 Å². The lowest BCUT2D eigenvalue weighted by Gasteiger charge is -2.11. The topological polar surface area (TPSA) is 42.4 Å². The van der Waals surface area contributed by atoms with E-state index in [9.17, 15) is 4.79 Å². The van der Waals surface area contributed by atoms with E-state index in [0.29, 0.717) is 0 Å². The Morgan fingerprint density at radius 1 is 1.71 bits per heavy atom. The van der Waals surface area contributed by atoms with E-state index in [2.05, 4.69) is 16.6 Å². The molecule has 0 bridgehead atoms. The highest BCUT2D eigenvalue weighted by molar-refractivity contribution is 7.13. The van der Waals surface area contributed by atoms with Gasteiger partial charge in [0, 0.05) is 19.0 Å². The third-order valence-corrected chi connectivity index (χ3v) is 2.90. The highest BCUT2D eigenvalue weighted by atomic mass is 32.1. The number of hydrogen-bond acceptors (Lipinski definition) is 5. The summed E-state index contributed by atoms with van der Waals surface area (Å²) in [6.07, 6.45) is 0.255. The van der Waals surface area contributed by atoms with E-state index in [1.165, 1.54) is 7.11 Å². The molecule has 0 atom stereocenters. The summed E-state index contributed by atoms with van der Waals surface area (Å²) in [5.74, 6) is -0.249. The first-order valence-electron chi connectivity index (χ1n) is 4.39. The van der Waals surface area contributed by atoms with Gasteiger partial charge < -0.3 is 9.64 Å². The fraction of sp³-hybridized carbons (Fsp3) is 0.556. The third kappa shape index (κ3) is 2.70. The first kappa shape index (κ1) is 11.0. The van der Waals surface area contributed by atoms with Crippen LogP contribution in [0.25, 0.3) is 0 Å². The van der Waals surface area contributed by atoms with Crippen LogP contribution in [0.5, 0.6) is 0 Å². The molecule has 0 aliphatic carbocycles. The molecule has 0 unspecified atom stereocenters. The van der Waals surface area contributed by atoms with Gasteiger partial charge >= 0.3 is 5.97 Å². The Hall–Kier alpha value is -1.10.